The molecule has 124 valence electrons. The summed E-state index contributed by atoms with van der Waals surface area (Å²) in [6.07, 6.45) is 23.2. The first-order chi connectivity index (χ1) is 10.4. The predicted octanol–water partition coefficient (Wildman–Crippen LogP) is 7.66. The molecule has 0 radical (unpaired) electrons. The van der Waals surface area contributed by atoms with E-state index in [4.69, 9.17) is 0 Å². The second-order valence-corrected chi connectivity index (χ2v) is 6.45. The SMILES string of the molecule is CCCCCCCCCC#CCCCCCCCCCC. The zero-order chi connectivity index (χ0) is 15.4. The van der Waals surface area contributed by atoms with Gasteiger partial charge >= 0.3 is 0 Å². The number of rotatable bonds is 15. The average Bonchev–Trinajstić information content (AvgIpc) is 2.50. The van der Waals surface area contributed by atoms with Crippen LogP contribution >= 0.6 is 0 Å². The number of hydrogen-bond donors (Lipinski definition) is 0. The maximum absolute atomic E-state index is 3.36. The summed E-state index contributed by atoms with van der Waals surface area (Å²) in [6, 6.07) is 0. The maximum atomic E-state index is 3.36. The Kier molecular flexibility index (Phi) is 19.2. The highest BCUT2D eigenvalue weighted by Crippen LogP contribution is 2.10. The van der Waals surface area contributed by atoms with E-state index in [2.05, 4.69) is 25.7 Å². The highest BCUT2D eigenvalue weighted by Gasteiger charge is 1.91. The lowest BCUT2D eigenvalue weighted by atomic mass is 10.1. The van der Waals surface area contributed by atoms with Crippen LogP contribution < -0.4 is 0 Å². The second-order valence-electron chi connectivity index (χ2n) is 6.45. The minimum Gasteiger partial charge on any atom is -0.103 e. The van der Waals surface area contributed by atoms with E-state index in [1.807, 2.05) is 0 Å². The number of hydrogen-bond acceptors (Lipinski definition) is 0. The first-order valence-corrected chi connectivity index (χ1v) is 9.87. The van der Waals surface area contributed by atoms with Crippen molar-refractivity contribution in [3.05, 3.63) is 0 Å². The fourth-order valence-corrected chi connectivity index (χ4v) is 2.69. The predicted molar refractivity (Wildman–Crippen MR) is 97.6 cm³/mol. The van der Waals surface area contributed by atoms with Gasteiger partial charge in [-0.25, -0.2) is 0 Å². The van der Waals surface area contributed by atoms with Crippen LogP contribution in [0.15, 0.2) is 0 Å². The van der Waals surface area contributed by atoms with Crippen LogP contribution in [0.5, 0.6) is 0 Å². The Morgan fingerprint density at radius 1 is 0.381 bits per heavy atom. The molecule has 0 N–H and O–H groups in total. The summed E-state index contributed by atoms with van der Waals surface area (Å²) in [4.78, 5) is 0. The van der Waals surface area contributed by atoms with Gasteiger partial charge in [0.1, 0.15) is 0 Å². The van der Waals surface area contributed by atoms with Crippen LogP contribution in [0.25, 0.3) is 0 Å². The van der Waals surface area contributed by atoms with E-state index in [0.717, 1.165) is 12.8 Å². The molecule has 0 rings (SSSR count). The molecule has 0 saturated heterocycles. The molecule has 0 heterocycles. The fourth-order valence-electron chi connectivity index (χ4n) is 2.69. The minimum absolute atomic E-state index is 1.13. The van der Waals surface area contributed by atoms with Crippen molar-refractivity contribution in [2.45, 2.75) is 123 Å². The molecule has 0 aromatic heterocycles. The molecule has 0 amide bonds. The molecule has 0 aromatic rings. The van der Waals surface area contributed by atoms with Crippen LogP contribution in [0, 0.1) is 11.8 Å². The second kappa shape index (κ2) is 19.6. The first kappa shape index (κ1) is 20.6. The highest BCUT2D eigenvalue weighted by atomic mass is 14.0. The third kappa shape index (κ3) is 19.6. The lowest BCUT2D eigenvalue weighted by Gasteiger charge is -1.99. The van der Waals surface area contributed by atoms with Crippen molar-refractivity contribution in [3.8, 4) is 11.8 Å². The summed E-state index contributed by atoms with van der Waals surface area (Å²) in [7, 11) is 0. The van der Waals surface area contributed by atoms with E-state index in [1.54, 1.807) is 0 Å². The molecule has 0 saturated carbocycles. The quantitative estimate of drug-likeness (QED) is 0.215. The van der Waals surface area contributed by atoms with Crippen molar-refractivity contribution >= 4 is 0 Å². The van der Waals surface area contributed by atoms with Gasteiger partial charge in [0.2, 0.25) is 0 Å². The Morgan fingerprint density at radius 2 is 0.667 bits per heavy atom. The van der Waals surface area contributed by atoms with E-state index < -0.39 is 0 Å². The molecule has 0 bridgehead atoms. The summed E-state index contributed by atoms with van der Waals surface area (Å²) in [6.45, 7) is 4.56. The van der Waals surface area contributed by atoms with E-state index in [9.17, 15) is 0 Å². The monoisotopic (exact) mass is 292 g/mol. The molecule has 0 aromatic carbocycles. The van der Waals surface area contributed by atoms with Gasteiger partial charge in [0, 0.05) is 12.8 Å². The van der Waals surface area contributed by atoms with Crippen molar-refractivity contribution in [2.75, 3.05) is 0 Å². The molecule has 0 spiro atoms. The van der Waals surface area contributed by atoms with E-state index >= 15 is 0 Å². The summed E-state index contributed by atoms with van der Waals surface area (Å²) in [5, 5.41) is 0. The van der Waals surface area contributed by atoms with Crippen molar-refractivity contribution in [2.24, 2.45) is 0 Å². The van der Waals surface area contributed by atoms with E-state index in [1.165, 1.54) is 96.3 Å². The van der Waals surface area contributed by atoms with Gasteiger partial charge in [-0.1, -0.05) is 97.3 Å². The van der Waals surface area contributed by atoms with Crippen LogP contribution in [-0.4, -0.2) is 0 Å². The lowest BCUT2D eigenvalue weighted by molar-refractivity contribution is 0.579. The third-order valence-corrected chi connectivity index (χ3v) is 4.19. The molecular formula is C21H40. The van der Waals surface area contributed by atoms with Crippen LogP contribution in [0.2, 0.25) is 0 Å². The summed E-state index contributed by atoms with van der Waals surface area (Å²) >= 11 is 0. The Bertz CT molecular complexity index is 230. The van der Waals surface area contributed by atoms with Gasteiger partial charge in [-0.3, -0.25) is 0 Å². The Hall–Kier alpha value is -0.440. The minimum atomic E-state index is 1.13. The zero-order valence-electron chi connectivity index (χ0n) is 15.0. The van der Waals surface area contributed by atoms with Crippen LogP contribution in [0.4, 0.5) is 0 Å². The average molecular weight is 293 g/mol. The zero-order valence-corrected chi connectivity index (χ0v) is 15.0. The Labute approximate surface area is 135 Å². The van der Waals surface area contributed by atoms with Crippen LogP contribution in [0.1, 0.15) is 123 Å². The summed E-state index contributed by atoms with van der Waals surface area (Å²) < 4.78 is 0. The van der Waals surface area contributed by atoms with E-state index in [-0.39, 0.29) is 0 Å². The van der Waals surface area contributed by atoms with Gasteiger partial charge in [-0.05, 0) is 12.8 Å². The molecule has 0 unspecified atom stereocenters. The van der Waals surface area contributed by atoms with Crippen LogP contribution in [-0.2, 0) is 0 Å². The molecule has 0 fully saturated rings. The molecular weight excluding hydrogens is 252 g/mol. The van der Waals surface area contributed by atoms with Crippen LogP contribution in [0.3, 0.4) is 0 Å². The number of unbranched alkanes of at least 4 members (excludes halogenated alkanes) is 15. The standard InChI is InChI=1S/C21H40/c1-3-5-7-9-11-13-15-17-19-21-20-18-16-14-12-10-8-6-4-2/h3-19H2,1-2H3. The topological polar surface area (TPSA) is 0 Å². The smallest absolute Gasteiger partial charge is 0.00886 e. The molecule has 0 aliphatic heterocycles. The molecule has 0 heteroatoms. The van der Waals surface area contributed by atoms with Crippen molar-refractivity contribution in [1.82, 2.24) is 0 Å². The first-order valence-electron chi connectivity index (χ1n) is 9.87. The molecule has 21 heavy (non-hydrogen) atoms. The van der Waals surface area contributed by atoms with Crippen molar-refractivity contribution in [1.29, 1.82) is 0 Å². The summed E-state index contributed by atoms with van der Waals surface area (Å²) in [5.74, 6) is 6.71. The third-order valence-electron chi connectivity index (χ3n) is 4.19. The Morgan fingerprint density at radius 3 is 1.00 bits per heavy atom. The van der Waals surface area contributed by atoms with Gasteiger partial charge in [-0.15, -0.1) is 11.8 Å². The maximum Gasteiger partial charge on any atom is 0.00886 e. The van der Waals surface area contributed by atoms with Gasteiger partial charge in [0.05, 0.1) is 0 Å². The van der Waals surface area contributed by atoms with Crippen molar-refractivity contribution < 1.29 is 0 Å². The van der Waals surface area contributed by atoms with Crippen molar-refractivity contribution in [3.63, 3.8) is 0 Å². The fraction of sp³-hybridized carbons (Fsp3) is 0.905. The summed E-state index contributed by atoms with van der Waals surface area (Å²) in [5.41, 5.74) is 0. The molecule has 0 atom stereocenters. The van der Waals surface area contributed by atoms with Gasteiger partial charge in [0.25, 0.3) is 0 Å². The van der Waals surface area contributed by atoms with E-state index in [0.29, 0.717) is 0 Å². The Balaban J connectivity index is 3.06. The molecule has 0 aliphatic rings. The normalized spacial score (nSPS) is 10.4. The van der Waals surface area contributed by atoms with Gasteiger partial charge < -0.3 is 0 Å². The lowest BCUT2D eigenvalue weighted by Crippen LogP contribution is -1.80. The largest absolute Gasteiger partial charge is 0.103 e. The molecule has 0 nitrogen and oxygen atoms in total. The highest BCUT2D eigenvalue weighted by molar-refractivity contribution is 4.98. The van der Waals surface area contributed by atoms with Gasteiger partial charge in [0.15, 0.2) is 0 Å². The molecule has 0 aliphatic carbocycles. The van der Waals surface area contributed by atoms with Gasteiger partial charge in [-0.2, -0.15) is 0 Å².